The fourth-order valence-corrected chi connectivity index (χ4v) is 8.15. The van der Waals surface area contributed by atoms with E-state index in [1.165, 1.54) is 36.4 Å². The summed E-state index contributed by atoms with van der Waals surface area (Å²) in [6.45, 7) is 4.99. The van der Waals surface area contributed by atoms with Gasteiger partial charge >= 0.3 is 5.97 Å². The molecule has 0 radical (unpaired) electrons. The Morgan fingerprint density at radius 2 is 1.20 bits per heavy atom. The number of hydrogen-bond donors (Lipinski definition) is 0. The third-order valence-electron chi connectivity index (χ3n) is 9.00. The van der Waals surface area contributed by atoms with Crippen LogP contribution in [-0.2, 0) is 28.7 Å². The molecule has 12 heteroatoms. The molecule has 4 atom stereocenters. The first-order chi connectivity index (χ1) is 19.4. The van der Waals surface area contributed by atoms with Crippen molar-refractivity contribution >= 4 is 87.4 Å². The maximum absolute atomic E-state index is 14.2. The van der Waals surface area contributed by atoms with Gasteiger partial charge in [-0.1, -0.05) is 58.9 Å². The lowest BCUT2D eigenvalue weighted by Crippen LogP contribution is -2.61. The second-order valence-electron chi connectivity index (χ2n) is 10.8. The molecule has 0 N–H and O–H groups in total. The molecule has 41 heavy (non-hydrogen) atoms. The molecular formula is C29H22Cl4N2O6. The quantitative estimate of drug-likeness (QED) is 0.314. The average Bonchev–Trinajstić information content (AvgIpc) is 3.34. The van der Waals surface area contributed by atoms with Crippen molar-refractivity contribution in [3.05, 3.63) is 67.6 Å². The fourth-order valence-electron chi connectivity index (χ4n) is 7.57. The van der Waals surface area contributed by atoms with Crippen molar-refractivity contribution in [1.82, 2.24) is 0 Å². The largest absolute Gasteiger partial charge is 0.463 e. The summed E-state index contributed by atoms with van der Waals surface area (Å²) in [5, 5.41) is 0.785. The van der Waals surface area contributed by atoms with Gasteiger partial charge in [0, 0.05) is 16.9 Å². The molecule has 212 valence electrons. The molecule has 2 heterocycles. The van der Waals surface area contributed by atoms with E-state index in [0.29, 0.717) is 5.57 Å². The van der Waals surface area contributed by atoms with Gasteiger partial charge in [0.15, 0.2) is 0 Å². The SMILES string of the molecule is CCOC(=O)C1=C(C)C2[C@@H]3C(=O)N(c4ccc(Cl)c(Cl)c4)C(=O)[C@@H]3C1(C)[C@H]1C(=O)N(c3ccc(Cl)c(Cl)c3)C(=O)[C@@H]21. The number of amides is 4. The molecule has 0 spiro atoms. The molecule has 8 nitrogen and oxygen atoms in total. The summed E-state index contributed by atoms with van der Waals surface area (Å²) in [5.74, 6) is -8.05. The van der Waals surface area contributed by atoms with Gasteiger partial charge in [-0.15, -0.1) is 0 Å². The van der Waals surface area contributed by atoms with Gasteiger partial charge in [-0.3, -0.25) is 19.2 Å². The number of ether oxygens (including phenoxy) is 1. The summed E-state index contributed by atoms with van der Waals surface area (Å²) >= 11 is 24.6. The van der Waals surface area contributed by atoms with Gasteiger partial charge in [-0.2, -0.15) is 0 Å². The zero-order valence-corrected chi connectivity index (χ0v) is 24.9. The number of nitrogens with zero attached hydrogens (tertiary/aromatic N) is 2. The van der Waals surface area contributed by atoms with Gasteiger partial charge in [0.05, 0.1) is 61.7 Å². The van der Waals surface area contributed by atoms with Crippen LogP contribution in [-0.4, -0.2) is 36.2 Å². The molecule has 2 saturated heterocycles. The minimum Gasteiger partial charge on any atom is -0.463 e. The van der Waals surface area contributed by atoms with Gasteiger partial charge in [0.25, 0.3) is 0 Å². The van der Waals surface area contributed by atoms with Crippen molar-refractivity contribution < 1.29 is 28.7 Å². The van der Waals surface area contributed by atoms with Gasteiger partial charge < -0.3 is 4.74 Å². The summed E-state index contributed by atoms with van der Waals surface area (Å²) in [4.78, 5) is 72.1. The van der Waals surface area contributed by atoms with Gasteiger partial charge in [0.2, 0.25) is 23.6 Å². The normalized spacial score (nSPS) is 30.4. The monoisotopic (exact) mass is 634 g/mol. The van der Waals surface area contributed by atoms with E-state index in [0.717, 1.165) is 9.80 Å². The Kier molecular flexibility index (Phi) is 6.58. The number of carbonyl (C=O) groups is 5. The molecule has 5 aliphatic rings. The molecule has 0 unspecified atom stereocenters. The molecule has 4 amide bonds. The zero-order valence-electron chi connectivity index (χ0n) is 21.9. The number of hydrogen-bond acceptors (Lipinski definition) is 6. The third kappa shape index (κ3) is 3.63. The lowest BCUT2D eigenvalue weighted by Gasteiger charge is -2.55. The molecule has 1 saturated carbocycles. The molecule has 3 fully saturated rings. The van der Waals surface area contributed by atoms with Crippen molar-refractivity contribution in [2.75, 3.05) is 16.4 Å². The number of rotatable bonds is 4. The molecule has 2 aromatic rings. The second kappa shape index (κ2) is 9.56. The van der Waals surface area contributed by atoms with Crippen molar-refractivity contribution in [2.24, 2.45) is 35.0 Å². The minimum atomic E-state index is -1.53. The molecule has 2 aliphatic heterocycles. The van der Waals surface area contributed by atoms with Crippen molar-refractivity contribution in [2.45, 2.75) is 20.8 Å². The van der Waals surface area contributed by atoms with E-state index < -0.39 is 64.6 Å². The van der Waals surface area contributed by atoms with Crippen molar-refractivity contribution in [1.29, 1.82) is 0 Å². The van der Waals surface area contributed by atoms with E-state index in [1.807, 2.05) is 0 Å². The third-order valence-corrected chi connectivity index (χ3v) is 10.5. The molecule has 2 bridgehead atoms. The molecule has 7 rings (SSSR count). The lowest BCUT2D eigenvalue weighted by molar-refractivity contribution is -0.155. The lowest BCUT2D eigenvalue weighted by atomic mass is 9.43. The number of imide groups is 2. The Morgan fingerprint density at radius 3 is 1.59 bits per heavy atom. The van der Waals surface area contributed by atoms with E-state index in [9.17, 15) is 24.0 Å². The highest BCUT2D eigenvalue weighted by Gasteiger charge is 2.77. The Labute approximate surface area is 255 Å². The summed E-state index contributed by atoms with van der Waals surface area (Å²) < 4.78 is 5.39. The Morgan fingerprint density at radius 1 is 0.756 bits per heavy atom. The summed E-state index contributed by atoms with van der Waals surface area (Å²) in [6.07, 6.45) is 0. The summed E-state index contributed by atoms with van der Waals surface area (Å²) in [6, 6.07) is 8.78. The van der Waals surface area contributed by atoms with Crippen LogP contribution in [0.15, 0.2) is 47.5 Å². The van der Waals surface area contributed by atoms with Crippen LogP contribution in [0.5, 0.6) is 0 Å². The smallest absolute Gasteiger partial charge is 0.334 e. The first-order valence-corrected chi connectivity index (χ1v) is 14.4. The highest BCUT2D eigenvalue weighted by molar-refractivity contribution is 6.43. The van der Waals surface area contributed by atoms with E-state index in [2.05, 4.69) is 0 Å². The van der Waals surface area contributed by atoms with Crippen LogP contribution in [0, 0.1) is 35.0 Å². The van der Waals surface area contributed by atoms with Crippen LogP contribution < -0.4 is 9.80 Å². The Bertz CT molecular complexity index is 1540. The second-order valence-corrected chi connectivity index (χ2v) is 12.4. The van der Waals surface area contributed by atoms with Crippen molar-refractivity contribution in [3.8, 4) is 0 Å². The highest BCUT2D eigenvalue weighted by Crippen LogP contribution is 2.69. The topological polar surface area (TPSA) is 101 Å². The van der Waals surface area contributed by atoms with Gasteiger partial charge in [0.1, 0.15) is 0 Å². The van der Waals surface area contributed by atoms with E-state index in [-0.39, 0.29) is 43.6 Å². The molecule has 3 aliphatic carbocycles. The van der Waals surface area contributed by atoms with E-state index >= 15 is 0 Å². The molecule has 2 aromatic carbocycles. The standard InChI is InChI=1S/C29H22Cl4N2O6/c1-4-41-28(40)21-11(2)18-19-22(26(38)34(24(19)36)12-5-7-14(30)16(32)9-12)29(21,3)23-20(18)25(37)35(27(23)39)13-6-8-15(31)17(33)10-13/h5-10,18-20,22-23H,4H2,1-3H3/t18?,19-,20-,22+,23+,29?/m0/s1. The fraction of sp³-hybridized carbons (Fsp3) is 0.345. The van der Waals surface area contributed by atoms with Crippen LogP contribution in [0.1, 0.15) is 20.8 Å². The average molecular weight is 636 g/mol. The summed E-state index contributed by atoms with van der Waals surface area (Å²) in [5.41, 5.74) is -0.496. The maximum atomic E-state index is 14.2. The number of benzene rings is 2. The van der Waals surface area contributed by atoms with Gasteiger partial charge in [-0.25, -0.2) is 14.6 Å². The first-order valence-electron chi connectivity index (χ1n) is 12.9. The minimum absolute atomic E-state index is 0.0586. The predicted molar refractivity (Wildman–Crippen MR) is 153 cm³/mol. The first kappa shape index (κ1) is 28.2. The number of carbonyl (C=O) groups excluding carboxylic acids is 5. The summed E-state index contributed by atoms with van der Waals surface area (Å²) in [7, 11) is 0. The molecular weight excluding hydrogens is 614 g/mol. The maximum Gasteiger partial charge on any atom is 0.334 e. The highest BCUT2D eigenvalue weighted by atomic mass is 35.5. The van der Waals surface area contributed by atoms with Crippen LogP contribution in [0.4, 0.5) is 11.4 Å². The Balaban J connectivity index is 1.54. The Hall–Kier alpha value is -2.91. The van der Waals surface area contributed by atoms with Crippen molar-refractivity contribution in [3.63, 3.8) is 0 Å². The van der Waals surface area contributed by atoms with Crippen LogP contribution >= 0.6 is 46.4 Å². The molecule has 0 aromatic heterocycles. The number of anilines is 2. The van der Waals surface area contributed by atoms with Crippen LogP contribution in [0.25, 0.3) is 0 Å². The number of esters is 1. The predicted octanol–water partition coefficient (Wildman–Crippen LogP) is 5.74. The van der Waals surface area contributed by atoms with E-state index in [4.69, 9.17) is 51.1 Å². The zero-order chi connectivity index (χ0) is 29.7. The number of allylic oxidation sites excluding steroid dienone is 1. The van der Waals surface area contributed by atoms with Crippen LogP contribution in [0.2, 0.25) is 20.1 Å². The number of halogens is 4. The van der Waals surface area contributed by atoms with Crippen LogP contribution in [0.3, 0.4) is 0 Å². The van der Waals surface area contributed by atoms with E-state index in [1.54, 1.807) is 20.8 Å². The van der Waals surface area contributed by atoms with Gasteiger partial charge in [-0.05, 0) is 50.2 Å².